The summed E-state index contributed by atoms with van der Waals surface area (Å²) in [5.41, 5.74) is 8.76. The number of carbonyl (C=O) groups is 1. The van der Waals surface area contributed by atoms with E-state index in [1.54, 1.807) is 59.8 Å². The third-order valence-corrected chi connectivity index (χ3v) is 4.61. The highest BCUT2D eigenvalue weighted by Gasteiger charge is 2.31. The SMILES string of the molecule is Nc1ccc2c(c1)N(Cc1ccccc1Cl)C(=O)/C(=C\c1ccncc1)O2. The molecule has 0 bridgehead atoms. The first-order valence-corrected chi connectivity index (χ1v) is 8.74. The van der Waals surface area contributed by atoms with Crippen LogP contribution in [0.4, 0.5) is 11.4 Å². The van der Waals surface area contributed by atoms with Crippen LogP contribution >= 0.6 is 11.6 Å². The van der Waals surface area contributed by atoms with Gasteiger partial charge in [-0.2, -0.15) is 0 Å². The molecular weight excluding hydrogens is 362 g/mol. The van der Waals surface area contributed by atoms with Crippen molar-refractivity contribution in [3.05, 3.63) is 88.9 Å². The van der Waals surface area contributed by atoms with E-state index in [0.717, 1.165) is 11.1 Å². The van der Waals surface area contributed by atoms with E-state index in [9.17, 15) is 4.79 Å². The molecule has 0 aliphatic carbocycles. The summed E-state index contributed by atoms with van der Waals surface area (Å²) in [6, 6.07) is 16.3. The van der Waals surface area contributed by atoms with E-state index in [-0.39, 0.29) is 11.7 Å². The van der Waals surface area contributed by atoms with Gasteiger partial charge in [0.1, 0.15) is 0 Å². The monoisotopic (exact) mass is 377 g/mol. The standard InChI is InChI=1S/C21H16ClN3O2/c22-17-4-2-1-3-15(17)13-25-18-12-16(23)5-6-19(18)27-20(21(25)26)11-14-7-9-24-10-8-14/h1-12H,13,23H2/b20-11+. The molecule has 2 aromatic carbocycles. The zero-order valence-corrected chi connectivity index (χ0v) is 15.1. The van der Waals surface area contributed by atoms with Gasteiger partial charge in [-0.1, -0.05) is 29.8 Å². The number of pyridine rings is 1. The van der Waals surface area contributed by atoms with Gasteiger partial charge >= 0.3 is 0 Å². The first-order chi connectivity index (χ1) is 13.1. The molecule has 134 valence electrons. The third kappa shape index (κ3) is 3.50. The molecular formula is C21H16ClN3O2. The number of nitrogens with zero attached hydrogens (tertiary/aromatic N) is 2. The van der Waals surface area contributed by atoms with Crippen LogP contribution in [-0.2, 0) is 11.3 Å². The quantitative estimate of drug-likeness (QED) is 0.546. The number of fused-ring (bicyclic) bond motifs is 1. The highest BCUT2D eigenvalue weighted by Crippen LogP contribution is 2.38. The minimum atomic E-state index is -0.259. The van der Waals surface area contributed by atoms with Crippen molar-refractivity contribution in [1.29, 1.82) is 0 Å². The van der Waals surface area contributed by atoms with Gasteiger partial charge in [0.05, 0.1) is 12.2 Å². The highest BCUT2D eigenvalue weighted by molar-refractivity contribution is 6.31. The van der Waals surface area contributed by atoms with Gasteiger partial charge in [-0.3, -0.25) is 14.7 Å². The van der Waals surface area contributed by atoms with Gasteiger partial charge in [0.15, 0.2) is 11.5 Å². The third-order valence-electron chi connectivity index (χ3n) is 4.24. The van der Waals surface area contributed by atoms with Crippen molar-refractivity contribution in [2.24, 2.45) is 0 Å². The molecule has 2 heterocycles. The minimum Gasteiger partial charge on any atom is -0.449 e. The maximum Gasteiger partial charge on any atom is 0.294 e. The van der Waals surface area contributed by atoms with E-state index in [0.29, 0.717) is 28.7 Å². The largest absolute Gasteiger partial charge is 0.449 e. The Balaban J connectivity index is 1.78. The lowest BCUT2D eigenvalue weighted by atomic mass is 10.1. The Bertz CT molecular complexity index is 1030. The number of aromatic nitrogens is 1. The molecule has 0 atom stereocenters. The average molecular weight is 378 g/mol. The van der Waals surface area contributed by atoms with Gasteiger partial charge in [-0.25, -0.2) is 0 Å². The molecule has 1 aliphatic rings. The lowest BCUT2D eigenvalue weighted by Gasteiger charge is -2.31. The molecule has 0 saturated heterocycles. The summed E-state index contributed by atoms with van der Waals surface area (Å²) in [5.74, 6) is 0.534. The van der Waals surface area contributed by atoms with E-state index < -0.39 is 0 Å². The molecule has 0 unspecified atom stereocenters. The van der Waals surface area contributed by atoms with Crippen LogP contribution in [0.5, 0.6) is 5.75 Å². The molecule has 27 heavy (non-hydrogen) atoms. The number of anilines is 2. The Hall–Kier alpha value is -3.31. The summed E-state index contributed by atoms with van der Waals surface area (Å²) in [6.45, 7) is 0.312. The van der Waals surface area contributed by atoms with E-state index in [1.807, 2.05) is 18.2 Å². The molecule has 1 aliphatic heterocycles. The molecule has 0 spiro atoms. The molecule has 6 heteroatoms. The Labute approximate surface area is 161 Å². The number of hydrogen-bond acceptors (Lipinski definition) is 4. The molecule has 1 aromatic heterocycles. The summed E-state index contributed by atoms with van der Waals surface area (Å²) >= 11 is 6.30. The summed E-state index contributed by atoms with van der Waals surface area (Å²) in [6.07, 6.45) is 5.02. The number of benzene rings is 2. The maximum absolute atomic E-state index is 13.2. The molecule has 5 nitrogen and oxygen atoms in total. The predicted octanol–water partition coefficient (Wildman–Crippen LogP) is 4.28. The zero-order valence-electron chi connectivity index (χ0n) is 14.3. The van der Waals surface area contributed by atoms with E-state index in [4.69, 9.17) is 22.1 Å². The van der Waals surface area contributed by atoms with Crippen LogP contribution in [0.2, 0.25) is 5.02 Å². The fourth-order valence-electron chi connectivity index (χ4n) is 2.89. The summed E-state index contributed by atoms with van der Waals surface area (Å²) in [7, 11) is 0. The van der Waals surface area contributed by atoms with Crippen molar-refractivity contribution in [1.82, 2.24) is 4.98 Å². The second-order valence-electron chi connectivity index (χ2n) is 6.10. The highest BCUT2D eigenvalue weighted by atomic mass is 35.5. The van der Waals surface area contributed by atoms with Crippen molar-refractivity contribution in [3.63, 3.8) is 0 Å². The number of halogens is 1. The Kier molecular flexibility index (Phi) is 4.52. The molecule has 0 saturated carbocycles. The maximum atomic E-state index is 13.2. The first kappa shape index (κ1) is 17.1. The summed E-state index contributed by atoms with van der Waals surface area (Å²) in [4.78, 5) is 18.8. The molecule has 0 fully saturated rings. The van der Waals surface area contributed by atoms with Gasteiger partial charge in [-0.15, -0.1) is 0 Å². The lowest BCUT2D eigenvalue weighted by molar-refractivity contribution is -0.117. The van der Waals surface area contributed by atoms with Crippen molar-refractivity contribution >= 4 is 35.0 Å². The van der Waals surface area contributed by atoms with Crippen LogP contribution in [0.1, 0.15) is 11.1 Å². The molecule has 2 N–H and O–H groups in total. The van der Waals surface area contributed by atoms with E-state index in [2.05, 4.69) is 4.98 Å². The number of ether oxygens (including phenoxy) is 1. The van der Waals surface area contributed by atoms with Gasteiger partial charge in [0, 0.05) is 23.1 Å². The van der Waals surface area contributed by atoms with Crippen LogP contribution in [0.3, 0.4) is 0 Å². The molecule has 0 radical (unpaired) electrons. The van der Waals surface area contributed by atoms with Crippen LogP contribution < -0.4 is 15.4 Å². The number of amides is 1. The Morgan fingerprint density at radius 3 is 2.67 bits per heavy atom. The normalized spacial score (nSPS) is 14.8. The van der Waals surface area contributed by atoms with E-state index in [1.165, 1.54) is 0 Å². The van der Waals surface area contributed by atoms with E-state index >= 15 is 0 Å². The van der Waals surface area contributed by atoms with Crippen LogP contribution in [0.25, 0.3) is 6.08 Å². The van der Waals surface area contributed by atoms with Crippen molar-refractivity contribution in [2.75, 3.05) is 10.6 Å². The number of nitrogens with two attached hydrogens (primary N) is 1. The minimum absolute atomic E-state index is 0.227. The number of carbonyl (C=O) groups excluding carboxylic acids is 1. The predicted molar refractivity (Wildman–Crippen MR) is 106 cm³/mol. The van der Waals surface area contributed by atoms with Gasteiger partial charge in [0.2, 0.25) is 0 Å². The van der Waals surface area contributed by atoms with Gasteiger partial charge in [0.25, 0.3) is 5.91 Å². The number of hydrogen-bond donors (Lipinski definition) is 1. The second-order valence-corrected chi connectivity index (χ2v) is 6.51. The number of rotatable bonds is 3. The van der Waals surface area contributed by atoms with Gasteiger partial charge in [-0.05, 0) is 53.6 Å². The molecule has 4 rings (SSSR count). The summed E-state index contributed by atoms with van der Waals surface area (Å²) in [5, 5.41) is 0.599. The molecule has 1 amide bonds. The fourth-order valence-corrected chi connectivity index (χ4v) is 3.09. The first-order valence-electron chi connectivity index (χ1n) is 8.36. The Morgan fingerprint density at radius 1 is 1.11 bits per heavy atom. The van der Waals surface area contributed by atoms with Crippen molar-refractivity contribution in [2.45, 2.75) is 6.54 Å². The Morgan fingerprint density at radius 2 is 1.89 bits per heavy atom. The molecule has 3 aromatic rings. The van der Waals surface area contributed by atoms with Gasteiger partial charge < -0.3 is 10.5 Å². The zero-order chi connectivity index (χ0) is 18.8. The lowest BCUT2D eigenvalue weighted by Crippen LogP contribution is -2.37. The van der Waals surface area contributed by atoms with Crippen molar-refractivity contribution < 1.29 is 9.53 Å². The van der Waals surface area contributed by atoms with Crippen LogP contribution in [0, 0.1) is 0 Å². The van der Waals surface area contributed by atoms with Crippen molar-refractivity contribution in [3.8, 4) is 5.75 Å². The fraction of sp³-hybridized carbons (Fsp3) is 0.0476. The topological polar surface area (TPSA) is 68.5 Å². The van der Waals surface area contributed by atoms with Crippen LogP contribution in [-0.4, -0.2) is 10.9 Å². The second kappa shape index (κ2) is 7.13. The van der Waals surface area contributed by atoms with Crippen LogP contribution in [0.15, 0.2) is 72.8 Å². The number of nitrogen functional groups attached to an aromatic ring is 1. The average Bonchev–Trinajstić information content (AvgIpc) is 2.68. The smallest absolute Gasteiger partial charge is 0.294 e. The summed E-state index contributed by atoms with van der Waals surface area (Å²) < 4.78 is 5.86.